The summed E-state index contributed by atoms with van der Waals surface area (Å²) in [6.07, 6.45) is 0.970. The van der Waals surface area contributed by atoms with Gasteiger partial charge in [0.2, 0.25) is 5.89 Å². The zero-order valence-corrected chi connectivity index (χ0v) is 12.1. The van der Waals surface area contributed by atoms with Crippen molar-refractivity contribution in [2.75, 3.05) is 13.2 Å². The molecular weight excluding hydrogens is 230 g/mol. The van der Waals surface area contributed by atoms with E-state index in [2.05, 4.69) is 37.8 Å². The van der Waals surface area contributed by atoms with Gasteiger partial charge in [0.15, 0.2) is 5.82 Å². The quantitative estimate of drug-likeness (QED) is 0.757. The third kappa shape index (κ3) is 3.78. The highest BCUT2D eigenvalue weighted by Gasteiger charge is 2.29. The average molecular weight is 255 g/mol. The van der Waals surface area contributed by atoms with Gasteiger partial charge in [-0.25, -0.2) is 0 Å². The van der Waals surface area contributed by atoms with E-state index in [0.29, 0.717) is 30.8 Å². The van der Waals surface area contributed by atoms with E-state index in [9.17, 15) is 0 Å². The minimum Gasteiger partial charge on any atom is -0.379 e. The van der Waals surface area contributed by atoms with Crippen molar-refractivity contribution in [2.24, 2.45) is 11.7 Å². The minimum atomic E-state index is -0.701. The molecule has 1 rings (SSSR count). The lowest BCUT2D eigenvalue weighted by Gasteiger charge is -2.20. The predicted octanol–water partition coefficient (Wildman–Crippen LogP) is 2.43. The standard InChI is InChI=1S/C13H25N3O2/c1-6-7-17-8-13(5,14)12-15-11(18-16-12)10(4)9(2)3/h9-10H,6-8,14H2,1-5H3. The van der Waals surface area contributed by atoms with Gasteiger partial charge >= 0.3 is 0 Å². The van der Waals surface area contributed by atoms with Crippen LogP contribution in [0.5, 0.6) is 0 Å². The van der Waals surface area contributed by atoms with Crippen LogP contribution < -0.4 is 5.73 Å². The number of rotatable bonds is 7. The van der Waals surface area contributed by atoms with Crippen LogP contribution in [-0.2, 0) is 10.3 Å². The molecule has 5 nitrogen and oxygen atoms in total. The molecule has 1 heterocycles. The topological polar surface area (TPSA) is 74.2 Å². The molecule has 5 heteroatoms. The minimum absolute atomic E-state index is 0.235. The fourth-order valence-corrected chi connectivity index (χ4v) is 1.43. The van der Waals surface area contributed by atoms with Crippen LogP contribution in [0.1, 0.15) is 58.7 Å². The molecule has 2 N–H and O–H groups in total. The summed E-state index contributed by atoms with van der Waals surface area (Å²) < 4.78 is 10.8. The fraction of sp³-hybridized carbons (Fsp3) is 0.846. The van der Waals surface area contributed by atoms with Crippen LogP contribution in [0.15, 0.2) is 4.52 Å². The Morgan fingerprint density at radius 3 is 2.61 bits per heavy atom. The Morgan fingerprint density at radius 1 is 1.39 bits per heavy atom. The Balaban J connectivity index is 2.71. The van der Waals surface area contributed by atoms with E-state index in [1.54, 1.807) is 0 Å². The van der Waals surface area contributed by atoms with Crippen molar-refractivity contribution in [3.05, 3.63) is 11.7 Å². The van der Waals surface area contributed by atoms with E-state index >= 15 is 0 Å². The Bertz CT molecular complexity index is 361. The van der Waals surface area contributed by atoms with Crippen LogP contribution in [-0.4, -0.2) is 23.4 Å². The molecule has 0 spiro atoms. The molecule has 0 fully saturated rings. The first-order valence-corrected chi connectivity index (χ1v) is 6.59. The van der Waals surface area contributed by atoms with Gasteiger partial charge in [0.05, 0.1) is 6.61 Å². The molecule has 0 bridgehead atoms. The number of hydrogen-bond acceptors (Lipinski definition) is 5. The fourth-order valence-electron chi connectivity index (χ4n) is 1.43. The number of hydrogen-bond donors (Lipinski definition) is 1. The summed E-state index contributed by atoms with van der Waals surface area (Å²) in [7, 11) is 0. The molecule has 0 saturated carbocycles. The summed E-state index contributed by atoms with van der Waals surface area (Å²) in [5, 5.41) is 3.98. The summed E-state index contributed by atoms with van der Waals surface area (Å²) in [5.74, 6) is 1.85. The Morgan fingerprint density at radius 2 is 2.06 bits per heavy atom. The summed E-state index contributed by atoms with van der Waals surface area (Å²) in [6, 6.07) is 0. The Kier molecular flexibility index (Phi) is 5.28. The van der Waals surface area contributed by atoms with E-state index < -0.39 is 5.54 Å². The Hall–Kier alpha value is -0.940. The monoisotopic (exact) mass is 255 g/mol. The van der Waals surface area contributed by atoms with Crippen molar-refractivity contribution in [2.45, 2.75) is 52.5 Å². The lowest BCUT2D eigenvalue weighted by Crippen LogP contribution is -2.39. The van der Waals surface area contributed by atoms with Gasteiger partial charge in [-0.05, 0) is 19.3 Å². The van der Waals surface area contributed by atoms with Gasteiger partial charge in [0.1, 0.15) is 5.54 Å². The molecule has 1 aromatic rings. The zero-order chi connectivity index (χ0) is 13.8. The normalized spacial score (nSPS) is 16.8. The molecule has 1 aromatic heterocycles. The van der Waals surface area contributed by atoms with Crippen LogP contribution in [0.3, 0.4) is 0 Å². The third-order valence-corrected chi connectivity index (χ3v) is 3.09. The SMILES string of the molecule is CCCOCC(C)(N)c1noc(C(C)C(C)C)n1. The first kappa shape index (κ1) is 15.1. The molecule has 18 heavy (non-hydrogen) atoms. The molecule has 0 aromatic carbocycles. The summed E-state index contributed by atoms with van der Waals surface area (Å²) in [5.41, 5.74) is 5.46. The van der Waals surface area contributed by atoms with Crippen molar-refractivity contribution in [3.8, 4) is 0 Å². The smallest absolute Gasteiger partial charge is 0.229 e. The van der Waals surface area contributed by atoms with Crippen LogP contribution in [0.4, 0.5) is 0 Å². The highest BCUT2D eigenvalue weighted by molar-refractivity contribution is 5.04. The molecule has 0 aliphatic carbocycles. The van der Waals surface area contributed by atoms with Gasteiger partial charge in [-0.2, -0.15) is 4.98 Å². The highest BCUT2D eigenvalue weighted by Crippen LogP contribution is 2.24. The second-order valence-electron chi connectivity index (χ2n) is 5.46. The van der Waals surface area contributed by atoms with Crippen LogP contribution >= 0.6 is 0 Å². The van der Waals surface area contributed by atoms with Crippen molar-refractivity contribution in [1.29, 1.82) is 0 Å². The van der Waals surface area contributed by atoms with E-state index in [4.69, 9.17) is 15.0 Å². The predicted molar refractivity (Wildman–Crippen MR) is 70.2 cm³/mol. The van der Waals surface area contributed by atoms with Gasteiger partial charge < -0.3 is 15.0 Å². The van der Waals surface area contributed by atoms with Gasteiger partial charge in [0.25, 0.3) is 0 Å². The van der Waals surface area contributed by atoms with E-state index in [1.807, 2.05) is 6.92 Å². The van der Waals surface area contributed by atoms with Crippen LogP contribution in [0.2, 0.25) is 0 Å². The first-order chi connectivity index (χ1) is 8.38. The molecule has 2 atom stereocenters. The molecule has 0 aliphatic rings. The average Bonchev–Trinajstić information content (AvgIpc) is 2.78. The maximum absolute atomic E-state index is 6.16. The van der Waals surface area contributed by atoms with Crippen LogP contribution in [0, 0.1) is 5.92 Å². The first-order valence-electron chi connectivity index (χ1n) is 6.59. The molecule has 104 valence electrons. The molecule has 2 unspecified atom stereocenters. The maximum Gasteiger partial charge on any atom is 0.229 e. The van der Waals surface area contributed by atoms with Crippen LogP contribution in [0.25, 0.3) is 0 Å². The van der Waals surface area contributed by atoms with Crippen molar-refractivity contribution >= 4 is 0 Å². The highest BCUT2D eigenvalue weighted by atomic mass is 16.5. The zero-order valence-electron chi connectivity index (χ0n) is 12.1. The van der Waals surface area contributed by atoms with Gasteiger partial charge in [0, 0.05) is 12.5 Å². The van der Waals surface area contributed by atoms with E-state index in [-0.39, 0.29) is 5.92 Å². The van der Waals surface area contributed by atoms with Crippen molar-refractivity contribution in [3.63, 3.8) is 0 Å². The molecule has 0 saturated heterocycles. The van der Waals surface area contributed by atoms with Crippen molar-refractivity contribution in [1.82, 2.24) is 10.1 Å². The number of nitrogens with two attached hydrogens (primary N) is 1. The summed E-state index contributed by atoms with van der Waals surface area (Å²) in [4.78, 5) is 4.40. The summed E-state index contributed by atoms with van der Waals surface area (Å²) in [6.45, 7) is 11.3. The molecule has 0 radical (unpaired) electrons. The van der Waals surface area contributed by atoms with Crippen molar-refractivity contribution < 1.29 is 9.26 Å². The van der Waals surface area contributed by atoms with E-state index in [0.717, 1.165) is 6.42 Å². The van der Waals surface area contributed by atoms with E-state index in [1.165, 1.54) is 0 Å². The summed E-state index contributed by atoms with van der Waals surface area (Å²) >= 11 is 0. The molecule has 0 aliphatic heterocycles. The second kappa shape index (κ2) is 6.29. The molecule has 0 amide bonds. The Labute approximate surface area is 109 Å². The third-order valence-electron chi connectivity index (χ3n) is 3.09. The number of ether oxygens (including phenoxy) is 1. The lowest BCUT2D eigenvalue weighted by atomic mass is 9.98. The molecular formula is C13H25N3O2. The number of nitrogens with zero attached hydrogens (tertiary/aromatic N) is 2. The van der Waals surface area contributed by atoms with Gasteiger partial charge in [-0.15, -0.1) is 0 Å². The van der Waals surface area contributed by atoms with Gasteiger partial charge in [-0.1, -0.05) is 32.9 Å². The largest absolute Gasteiger partial charge is 0.379 e. The van der Waals surface area contributed by atoms with Gasteiger partial charge in [-0.3, -0.25) is 0 Å². The number of aromatic nitrogens is 2. The lowest BCUT2D eigenvalue weighted by molar-refractivity contribution is 0.0867. The maximum atomic E-state index is 6.16. The second-order valence-corrected chi connectivity index (χ2v) is 5.46.